The zero-order valence-corrected chi connectivity index (χ0v) is 21.0. The van der Waals surface area contributed by atoms with E-state index in [1.165, 1.54) is 12.5 Å². The highest BCUT2D eigenvalue weighted by atomic mass is 16.5. The van der Waals surface area contributed by atoms with Gasteiger partial charge in [0.25, 0.3) is 0 Å². The van der Waals surface area contributed by atoms with Crippen LogP contribution in [0.4, 0.5) is 0 Å². The highest BCUT2D eigenvalue weighted by Gasteiger charge is 2.25. The minimum atomic E-state index is -0.455. The molecule has 34 heavy (non-hydrogen) atoms. The molecular weight excluding hydrogens is 424 g/mol. The summed E-state index contributed by atoms with van der Waals surface area (Å²) in [5.74, 6) is 0.858. The predicted octanol–water partition coefficient (Wildman–Crippen LogP) is 7.39. The van der Waals surface area contributed by atoms with E-state index in [1.807, 2.05) is 36.4 Å². The van der Waals surface area contributed by atoms with E-state index in [0.717, 1.165) is 24.2 Å². The second-order valence-electron chi connectivity index (χ2n) is 9.46. The van der Waals surface area contributed by atoms with Gasteiger partial charge in [0.2, 0.25) is 0 Å². The van der Waals surface area contributed by atoms with Crippen LogP contribution in [0.25, 0.3) is 0 Å². The number of Topliss-reactive ketones (excluding diaryl/α,β-unsaturated/α-hetero) is 1. The standard InChI is InChI=1S/C30H34O4/c1-7-30(6,8-2)34-27-19-15-25(16-20-27)29(4,5)24-13-17-26(18-14-24)33-28(32)23-11-9-22(10-12-23)21(3)31/h9-20H,7-8H2,1-6H3. The van der Waals surface area contributed by atoms with Gasteiger partial charge in [-0.15, -0.1) is 0 Å². The van der Waals surface area contributed by atoms with Crippen molar-refractivity contribution in [3.8, 4) is 11.5 Å². The predicted molar refractivity (Wildman–Crippen MR) is 136 cm³/mol. The first-order chi connectivity index (χ1) is 16.1. The van der Waals surface area contributed by atoms with E-state index in [2.05, 4.69) is 46.8 Å². The summed E-state index contributed by atoms with van der Waals surface area (Å²) in [7, 11) is 0. The maximum atomic E-state index is 12.5. The quantitative estimate of drug-likeness (QED) is 0.190. The van der Waals surface area contributed by atoms with Crippen molar-refractivity contribution in [1.29, 1.82) is 0 Å². The van der Waals surface area contributed by atoms with Crippen molar-refractivity contribution >= 4 is 11.8 Å². The summed E-state index contributed by atoms with van der Waals surface area (Å²) in [4.78, 5) is 23.9. The van der Waals surface area contributed by atoms with Crippen molar-refractivity contribution in [2.24, 2.45) is 0 Å². The Balaban J connectivity index is 1.70. The number of esters is 1. The summed E-state index contributed by atoms with van der Waals surface area (Å²) in [5.41, 5.74) is 2.86. The van der Waals surface area contributed by atoms with Crippen LogP contribution < -0.4 is 9.47 Å². The summed E-state index contributed by atoms with van der Waals surface area (Å²) in [6, 6.07) is 22.4. The lowest BCUT2D eigenvalue weighted by Gasteiger charge is -2.30. The van der Waals surface area contributed by atoms with Gasteiger partial charge in [-0.05, 0) is 74.2 Å². The fraction of sp³-hybridized carbons (Fsp3) is 0.333. The summed E-state index contributed by atoms with van der Waals surface area (Å²) in [6.45, 7) is 12.3. The third-order valence-corrected chi connectivity index (χ3v) is 6.75. The first-order valence-corrected chi connectivity index (χ1v) is 11.8. The summed E-state index contributed by atoms with van der Waals surface area (Å²) < 4.78 is 11.7. The Morgan fingerprint density at radius 3 is 1.56 bits per heavy atom. The molecule has 0 aliphatic rings. The Hall–Kier alpha value is -3.40. The lowest BCUT2D eigenvalue weighted by Crippen LogP contribution is -2.30. The number of rotatable bonds is 9. The van der Waals surface area contributed by atoms with E-state index in [1.54, 1.807) is 24.3 Å². The molecule has 0 heterocycles. The van der Waals surface area contributed by atoms with Crippen LogP contribution >= 0.6 is 0 Å². The minimum Gasteiger partial charge on any atom is -0.488 e. The SMILES string of the molecule is CCC(C)(CC)Oc1ccc(C(C)(C)c2ccc(OC(=O)c3ccc(C(C)=O)cc3)cc2)cc1. The molecule has 4 heteroatoms. The topological polar surface area (TPSA) is 52.6 Å². The van der Waals surface area contributed by atoms with Gasteiger partial charge in [0.05, 0.1) is 5.56 Å². The van der Waals surface area contributed by atoms with Gasteiger partial charge in [-0.2, -0.15) is 0 Å². The molecule has 0 bridgehead atoms. The van der Waals surface area contributed by atoms with Crippen molar-refractivity contribution in [3.05, 3.63) is 95.1 Å². The molecule has 0 atom stereocenters. The number of benzene rings is 3. The molecule has 0 saturated heterocycles. The van der Waals surface area contributed by atoms with Crippen molar-refractivity contribution in [3.63, 3.8) is 0 Å². The molecule has 3 rings (SSSR count). The Labute approximate surface area is 202 Å². The first-order valence-electron chi connectivity index (χ1n) is 11.8. The van der Waals surface area contributed by atoms with Crippen LogP contribution in [0.5, 0.6) is 11.5 Å². The second-order valence-corrected chi connectivity index (χ2v) is 9.46. The summed E-state index contributed by atoms with van der Waals surface area (Å²) in [6.07, 6.45) is 1.91. The molecule has 0 saturated carbocycles. The van der Waals surface area contributed by atoms with Crippen LogP contribution in [0.1, 0.15) is 86.2 Å². The van der Waals surface area contributed by atoms with E-state index in [-0.39, 0.29) is 16.8 Å². The maximum absolute atomic E-state index is 12.5. The normalized spacial score (nSPS) is 11.7. The molecule has 0 amide bonds. The van der Waals surface area contributed by atoms with Crippen molar-refractivity contribution in [1.82, 2.24) is 0 Å². The fourth-order valence-electron chi connectivity index (χ4n) is 3.73. The Kier molecular flexibility index (Phi) is 7.61. The van der Waals surface area contributed by atoms with Crippen LogP contribution in [-0.4, -0.2) is 17.4 Å². The molecule has 3 aromatic rings. The zero-order chi connectivity index (χ0) is 24.9. The second kappa shape index (κ2) is 10.3. The number of hydrogen-bond donors (Lipinski definition) is 0. The molecule has 0 aromatic heterocycles. The van der Waals surface area contributed by atoms with Crippen molar-refractivity contribution in [2.75, 3.05) is 0 Å². The molecule has 3 aromatic carbocycles. The Bertz CT molecular complexity index is 1120. The van der Waals surface area contributed by atoms with Gasteiger partial charge in [0.15, 0.2) is 5.78 Å². The highest BCUT2D eigenvalue weighted by Crippen LogP contribution is 2.34. The smallest absolute Gasteiger partial charge is 0.343 e. The van der Waals surface area contributed by atoms with E-state index in [9.17, 15) is 9.59 Å². The number of ketones is 1. The van der Waals surface area contributed by atoms with Crippen LogP contribution in [0.15, 0.2) is 72.8 Å². The van der Waals surface area contributed by atoms with E-state index < -0.39 is 5.97 Å². The highest BCUT2D eigenvalue weighted by molar-refractivity contribution is 5.96. The molecule has 0 radical (unpaired) electrons. The zero-order valence-electron chi connectivity index (χ0n) is 21.0. The molecular formula is C30H34O4. The van der Waals surface area contributed by atoms with E-state index in [0.29, 0.717) is 16.9 Å². The lowest BCUT2D eigenvalue weighted by molar-refractivity contribution is 0.0734. The van der Waals surface area contributed by atoms with Gasteiger partial charge in [0, 0.05) is 11.0 Å². The van der Waals surface area contributed by atoms with Gasteiger partial charge >= 0.3 is 5.97 Å². The maximum Gasteiger partial charge on any atom is 0.343 e. The molecule has 0 N–H and O–H groups in total. The van der Waals surface area contributed by atoms with Gasteiger partial charge in [-0.1, -0.05) is 64.1 Å². The minimum absolute atomic E-state index is 0.0410. The number of carbonyl (C=O) groups excluding carboxylic acids is 2. The van der Waals surface area contributed by atoms with Gasteiger partial charge in [0.1, 0.15) is 17.1 Å². The third kappa shape index (κ3) is 5.74. The fourth-order valence-corrected chi connectivity index (χ4v) is 3.73. The average molecular weight is 459 g/mol. The number of carbonyl (C=O) groups is 2. The summed E-state index contributed by atoms with van der Waals surface area (Å²) in [5, 5.41) is 0. The molecule has 0 unspecified atom stereocenters. The Morgan fingerprint density at radius 1 is 0.676 bits per heavy atom. The van der Waals surface area contributed by atoms with E-state index >= 15 is 0 Å². The van der Waals surface area contributed by atoms with E-state index in [4.69, 9.17) is 9.47 Å². The first kappa shape index (κ1) is 25.2. The van der Waals surface area contributed by atoms with Crippen LogP contribution in [-0.2, 0) is 5.41 Å². The molecule has 178 valence electrons. The van der Waals surface area contributed by atoms with Crippen molar-refractivity contribution < 1.29 is 19.1 Å². The van der Waals surface area contributed by atoms with Gasteiger partial charge < -0.3 is 9.47 Å². The Morgan fingerprint density at radius 2 is 1.12 bits per heavy atom. The van der Waals surface area contributed by atoms with Crippen LogP contribution in [0.2, 0.25) is 0 Å². The van der Waals surface area contributed by atoms with Crippen molar-refractivity contribution in [2.45, 2.75) is 65.4 Å². The van der Waals surface area contributed by atoms with Gasteiger partial charge in [-0.3, -0.25) is 4.79 Å². The number of hydrogen-bond acceptors (Lipinski definition) is 4. The average Bonchev–Trinajstić information content (AvgIpc) is 2.84. The monoisotopic (exact) mass is 458 g/mol. The lowest BCUT2D eigenvalue weighted by atomic mass is 9.78. The molecule has 0 aliphatic heterocycles. The largest absolute Gasteiger partial charge is 0.488 e. The molecule has 0 aliphatic carbocycles. The van der Waals surface area contributed by atoms with Gasteiger partial charge in [-0.25, -0.2) is 4.79 Å². The molecule has 0 spiro atoms. The molecule has 4 nitrogen and oxygen atoms in total. The van der Waals surface area contributed by atoms with Crippen LogP contribution in [0.3, 0.4) is 0 Å². The number of ether oxygens (including phenoxy) is 2. The third-order valence-electron chi connectivity index (χ3n) is 6.75. The van der Waals surface area contributed by atoms with Crippen LogP contribution in [0, 0.1) is 0 Å². The summed E-state index contributed by atoms with van der Waals surface area (Å²) >= 11 is 0. The molecule has 0 fully saturated rings.